The molecule has 0 spiro atoms. The number of ether oxygens (including phenoxy) is 1. The van der Waals surface area contributed by atoms with Crippen LogP contribution in [-0.2, 0) is 7.05 Å². The number of hydrogen-bond donors (Lipinski definition) is 0. The zero-order chi connectivity index (χ0) is 12.4. The summed E-state index contributed by atoms with van der Waals surface area (Å²) >= 11 is 0. The molecule has 0 unspecified atom stereocenters. The van der Waals surface area contributed by atoms with E-state index in [1.54, 1.807) is 4.68 Å². The molecule has 0 aliphatic heterocycles. The Morgan fingerprint density at radius 1 is 0.944 bits per heavy atom. The van der Waals surface area contributed by atoms with E-state index in [0.717, 1.165) is 22.4 Å². The molecule has 0 fully saturated rings. The molecule has 18 heavy (non-hydrogen) atoms. The Balaban J connectivity index is 2.11. The van der Waals surface area contributed by atoms with Gasteiger partial charge >= 0.3 is 0 Å². The Bertz CT molecular complexity index is 680. The zero-order valence-electron chi connectivity index (χ0n) is 10.1. The Morgan fingerprint density at radius 3 is 2.50 bits per heavy atom. The third-order valence-corrected chi connectivity index (χ3v) is 2.71. The van der Waals surface area contributed by atoms with Gasteiger partial charge in [-0.25, -0.2) is 0 Å². The highest BCUT2D eigenvalue weighted by molar-refractivity contribution is 5.83. The topological polar surface area (TPSA) is 26.0 Å². The first-order valence-corrected chi connectivity index (χ1v) is 5.81. The van der Waals surface area contributed by atoms with Crippen LogP contribution in [0.4, 0.5) is 0 Å². The van der Waals surface area contributed by atoms with E-state index >= 15 is 0 Å². The largest absolute Gasteiger partial charge is 0.450 e. The number of benzene rings is 2. The average Bonchev–Trinajstić information content (AvgIpc) is 2.40. The number of nitrogens with zero attached hydrogens (tertiary/aromatic N) is 2. The molecular weight excluding hydrogens is 224 g/mol. The summed E-state index contributed by atoms with van der Waals surface area (Å²) in [6.07, 6.45) is 1.88. The van der Waals surface area contributed by atoms with E-state index in [2.05, 4.69) is 5.10 Å². The van der Waals surface area contributed by atoms with Gasteiger partial charge in [-0.2, -0.15) is 0 Å². The van der Waals surface area contributed by atoms with Crippen molar-refractivity contribution in [3.05, 3.63) is 60.8 Å². The lowest BCUT2D eigenvalue weighted by Crippen LogP contribution is -2.32. The van der Waals surface area contributed by atoms with Crippen molar-refractivity contribution in [3.63, 3.8) is 0 Å². The molecule has 3 nitrogen and oxygen atoms in total. The second-order valence-electron chi connectivity index (χ2n) is 4.10. The number of rotatable bonds is 2. The molecule has 88 valence electrons. The highest BCUT2D eigenvalue weighted by atomic mass is 16.5. The highest BCUT2D eigenvalue weighted by Crippen LogP contribution is 2.26. The van der Waals surface area contributed by atoms with Crippen LogP contribution in [0, 0.1) is 0 Å². The van der Waals surface area contributed by atoms with Gasteiger partial charge in [-0.3, -0.25) is 0 Å². The molecule has 0 aliphatic carbocycles. The zero-order valence-corrected chi connectivity index (χ0v) is 10.1. The molecule has 3 rings (SSSR count). The number of aromatic nitrogens is 2. The van der Waals surface area contributed by atoms with Gasteiger partial charge in [0.2, 0.25) is 11.9 Å². The van der Waals surface area contributed by atoms with E-state index in [9.17, 15) is 0 Å². The standard InChI is InChI=1S/C15H13N2O/c1-17-11-15(18-12-7-3-2-4-8-12)13-9-5-6-10-14(13)16-17/h2-11H,1H3/q+1. The van der Waals surface area contributed by atoms with Gasteiger partial charge in [0.1, 0.15) is 11.3 Å². The first-order valence-electron chi connectivity index (χ1n) is 5.81. The van der Waals surface area contributed by atoms with Crippen LogP contribution in [-0.4, -0.2) is 5.10 Å². The van der Waals surface area contributed by atoms with Gasteiger partial charge in [-0.15, -0.1) is 0 Å². The van der Waals surface area contributed by atoms with Crippen LogP contribution in [0.3, 0.4) is 0 Å². The van der Waals surface area contributed by atoms with E-state index in [-0.39, 0.29) is 0 Å². The first kappa shape index (κ1) is 10.7. The van der Waals surface area contributed by atoms with Gasteiger partial charge in [0, 0.05) is 5.10 Å². The van der Waals surface area contributed by atoms with Gasteiger partial charge in [0.15, 0.2) is 7.05 Å². The smallest absolute Gasteiger partial charge is 0.239 e. The molecule has 0 atom stereocenters. The SMILES string of the molecule is C[n+]1cc(Oc2ccccc2)c2ccccc2n1. The van der Waals surface area contributed by atoms with Crippen LogP contribution in [0.2, 0.25) is 0 Å². The Morgan fingerprint density at radius 2 is 1.67 bits per heavy atom. The summed E-state index contributed by atoms with van der Waals surface area (Å²) in [6, 6.07) is 17.7. The molecule has 3 aromatic rings. The molecule has 2 aromatic carbocycles. The highest BCUT2D eigenvalue weighted by Gasteiger charge is 2.10. The summed E-state index contributed by atoms with van der Waals surface area (Å²) < 4.78 is 7.68. The van der Waals surface area contributed by atoms with Crippen molar-refractivity contribution >= 4 is 10.9 Å². The number of aryl methyl sites for hydroxylation is 1. The molecule has 0 N–H and O–H groups in total. The molecular formula is C15H13N2O+. The molecule has 0 bridgehead atoms. The van der Waals surface area contributed by atoms with Gasteiger partial charge in [-0.05, 0) is 24.3 Å². The maximum absolute atomic E-state index is 5.91. The molecule has 0 saturated heterocycles. The van der Waals surface area contributed by atoms with Crippen LogP contribution in [0.5, 0.6) is 11.5 Å². The molecule has 1 aromatic heterocycles. The molecule has 0 amide bonds. The normalized spacial score (nSPS) is 10.5. The second-order valence-corrected chi connectivity index (χ2v) is 4.10. The average molecular weight is 237 g/mol. The predicted octanol–water partition coefficient (Wildman–Crippen LogP) is 2.85. The maximum atomic E-state index is 5.91. The van der Waals surface area contributed by atoms with Gasteiger partial charge in [0.05, 0.1) is 5.39 Å². The summed E-state index contributed by atoms with van der Waals surface area (Å²) in [7, 11) is 1.89. The monoisotopic (exact) mass is 237 g/mol. The van der Waals surface area contributed by atoms with Crippen molar-refractivity contribution in [2.45, 2.75) is 0 Å². The Labute approximate surface area is 105 Å². The van der Waals surface area contributed by atoms with Crippen molar-refractivity contribution in [2.24, 2.45) is 7.05 Å². The van der Waals surface area contributed by atoms with E-state index in [4.69, 9.17) is 4.74 Å². The summed E-state index contributed by atoms with van der Waals surface area (Å²) in [5, 5.41) is 5.43. The van der Waals surface area contributed by atoms with Gasteiger partial charge in [-0.1, -0.05) is 35.0 Å². The Kier molecular flexibility index (Phi) is 2.65. The number of para-hydroxylation sites is 1. The quantitative estimate of drug-likeness (QED) is 0.640. The third-order valence-electron chi connectivity index (χ3n) is 2.71. The number of fused-ring (bicyclic) bond motifs is 1. The van der Waals surface area contributed by atoms with Crippen LogP contribution < -0.4 is 9.42 Å². The minimum atomic E-state index is 0.814. The minimum Gasteiger partial charge on any atom is -0.450 e. The summed E-state index contributed by atoms with van der Waals surface area (Å²) in [5.41, 5.74) is 0.924. The molecule has 1 heterocycles. The van der Waals surface area contributed by atoms with Crippen LogP contribution >= 0.6 is 0 Å². The van der Waals surface area contributed by atoms with Crippen LogP contribution in [0.25, 0.3) is 10.9 Å². The second kappa shape index (κ2) is 4.45. The molecule has 3 heteroatoms. The van der Waals surface area contributed by atoms with Gasteiger partial charge < -0.3 is 4.74 Å². The minimum absolute atomic E-state index is 0.814. The van der Waals surface area contributed by atoms with Crippen LogP contribution in [0.1, 0.15) is 0 Å². The predicted molar refractivity (Wildman–Crippen MR) is 69.4 cm³/mol. The lowest BCUT2D eigenvalue weighted by Gasteiger charge is -2.05. The summed E-state index contributed by atoms with van der Waals surface area (Å²) in [4.78, 5) is 0. The maximum Gasteiger partial charge on any atom is 0.239 e. The molecule has 0 aliphatic rings. The third kappa shape index (κ3) is 2.02. The van der Waals surface area contributed by atoms with Crippen molar-refractivity contribution < 1.29 is 9.42 Å². The molecule has 0 saturated carbocycles. The lowest BCUT2D eigenvalue weighted by molar-refractivity contribution is -0.728. The van der Waals surface area contributed by atoms with E-state index in [1.807, 2.05) is 67.8 Å². The van der Waals surface area contributed by atoms with Crippen molar-refractivity contribution in [3.8, 4) is 11.5 Å². The summed E-state index contributed by atoms with van der Waals surface area (Å²) in [5.74, 6) is 1.64. The number of hydrogen-bond acceptors (Lipinski definition) is 2. The first-order chi connectivity index (χ1) is 8.83. The lowest BCUT2D eigenvalue weighted by atomic mass is 10.2. The van der Waals surface area contributed by atoms with Crippen molar-refractivity contribution in [1.82, 2.24) is 5.10 Å². The fourth-order valence-electron chi connectivity index (χ4n) is 1.90. The van der Waals surface area contributed by atoms with E-state index in [1.165, 1.54) is 0 Å². The van der Waals surface area contributed by atoms with Crippen molar-refractivity contribution in [1.29, 1.82) is 0 Å². The summed E-state index contributed by atoms with van der Waals surface area (Å²) in [6.45, 7) is 0. The Hall–Kier alpha value is -2.42. The van der Waals surface area contributed by atoms with E-state index < -0.39 is 0 Å². The fraction of sp³-hybridized carbons (Fsp3) is 0.0667. The molecule has 0 radical (unpaired) electrons. The van der Waals surface area contributed by atoms with Crippen molar-refractivity contribution in [2.75, 3.05) is 0 Å². The van der Waals surface area contributed by atoms with Gasteiger partial charge in [0.25, 0.3) is 0 Å². The van der Waals surface area contributed by atoms with Crippen LogP contribution in [0.15, 0.2) is 60.8 Å². The fourth-order valence-corrected chi connectivity index (χ4v) is 1.90. The van der Waals surface area contributed by atoms with E-state index in [0.29, 0.717) is 0 Å².